The van der Waals surface area contributed by atoms with Gasteiger partial charge in [0.05, 0.1) is 6.54 Å². The summed E-state index contributed by atoms with van der Waals surface area (Å²) in [6, 6.07) is 15.4. The third-order valence-corrected chi connectivity index (χ3v) is 6.79. The molecule has 5 aromatic rings. The predicted octanol–water partition coefficient (Wildman–Crippen LogP) is 2.76. The first-order chi connectivity index (χ1) is 18.4. The highest BCUT2D eigenvalue weighted by atomic mass is 16.2. The van der Waals surface area contributed by atoms with E-state index in [0.29, 0.717) is 42.3 Å². The van der Waals surface area contributed by atoms with Gasteiger partial charge in [0, 0.05) is 49.8 Å². The number of para-hydroxylation sites is 1. The average Bonchev–Trinajstić information content (AvgIpc) is 3.51. The molecule has 0 radical (unpaired) electrons. The number of aromatic amines is 1. The van der Waals surface area contributed by atoms with Crippen molar-refractivity contribution in [2.75, 3.05) is 18.4 Å². The summed E-state index contributed by atoms with van der Waals surface area (Å²) in [7, 11) is 3.08. The Balaban J connectivity index is 1.46. The highest BCUT2D eigenvalue weighted by Crippen LogP contribution is 2.21. The van der Waals surface area contributed by atoms with Crippen LogP contribution in [0.2, 0.25) is 0 Å². The molecule has 0 aliphatic rings. The number of rotatable bonds is 9. The van der Waals surface area contributed by atoms with E-state index in [4.69, 9.17) is 0 Å². The fourth-order valence-corrected chi connectivity index (χ4v) is 4.67. The number of anilines is 1. The van der Waals surface area contributed by atoms with E-state index in [9.17, 15) is 14.4 Å². The van der Waals surface area contributed by atoms with E-state index in [2.05, 4.69) is 26.7 Å². The first-order valence-electron chi connectivity index (χ1n) is 12.7. The van der Waals surface area contributed by atoms with E-state index in [1.54, 1.807) is 23.7 Å². The summed E-state index contributed by atoms with van der Waals surface area (Å²) < 4.78 is 4.29. The molecule has 1 amide bonds. The van der Waals surface area contributed by atoms with Gasteiger partial charge < -0.3 is 15.6 Å². The zero-order valence-corrected chi connectivity index (χ0v) is 21.7. The van der Waals surface area contributed by atoms with Crippen LogP contribution in [0.4, 0.5) is 5.95 Å². The number of H-pyrrole nitrogens is 1. The first-order valence-corrected chi connectivity index (χ1v) is 12.7. The minimum Gasteiger partial charge on any atom is -0.361 e. The molecule has 0 saturated heterocycles. The number of nitrogens with zero attached hydrogens (tertiary/aromatic N) is 4. The number of carbonyl (C=O) groups excluding carboxylic acids is 1. The van der Waals surface area contributed by atoms with Gasteiger partial charge in [-0.25, -0.2) is 4.79 Å². The molecule has 10 nitrogen and oxygen atoms in total. The quantitative estimate of drug-likeness (QED) is 0.280. The third kappa shape index (κ3) is 4.60. The lowest BCUT2D eigenvalue weighted by Gasteiger charge is -2.12. The molecule has 0 aliphatic carbocycles. The van der Waals surface area contributed by atoms with Crippen molar-refractivity contribution in [2.24, 2.45) is 14.1 Å². The van der Waals surface area contributed by atoms with Crippen LogP contribution in [-0.2, 0) is 27.1 Å². The lowest BCUT2D eigenvalue weighted by atomic mass is 10.1. The van der Waals surface area contributed by atoms with Crippen LogP contribution in [0.3, 0.4) is 0 Å². The summed E-state index contributed by atoms with van der Waals surface area (Å²) in [4.78, 5) is 46.0. The van der Waals surface area contributed by atoms with E-state index in [0.717, 1.165) is 28.5 Å². The molecule has 0 saturated carbocycles. The van der Waals surface area contributed by atoms with Gasteiger partial charge in [0.1, 0.15) is 0 Å². The fraction of sp³-hybridized carbons (Fsp3) is 0.286. The summed E-state index contributed by atoms with van der Waals surface area (Å²) in [5.41, 5.74) is 3.56. The van der Waals surface area contributed by atoms with Gasteiger partial charge in [0.15, 0.2) is 11.2 Å². The van der Waals surface area contributed by atoms with Crippen LogP contribution in [-0.4, -0.2) is 42.7 Å². The first kappa shape index (κ1) is 25.1. The second kappa shape index (κ2) is 10.4. The van der Waals surface area contributed by atoms with Gasteiger partial charge in [-0.3, -0.25) is 23.3 Å². The van der Waals surface area contributed by atoms with Gasteiger partial charge in [-0.1, -0.05) is 37.3 Å². The summed E-state index contributed by atoms with van der Waals surface area (Å²) in [6.07, 6.45) is 3.61. The molecule has 3 N–H and O–H groups in total. The minimum absolute atomic E-state index is 0.116. The highest BCUT2D eigenvalue weighted by molar-refractivity contribution is 5.94. The molecule has 196 valence electrons. The Hall–Kier alpha value is -4.60. The molecule has 5 rings (SSSR count). The van der Waals surface area contributed by atoms with Crippen LogP contribution in [0.1, 0.15) is 34.8 Å². The maximum absolute atomic E-state index is 13.2. The zero-order chi connectivity index (χ0) is 26.8. The Morgan fingerprint density at radius 1 is 1.00 bits per heavy atom. The average molecular weight is 514 g/mol. The maximum Gasteiger partial charge on any atom is 0.332 e. The number of benzene rings is 2. The Morgan fingerprint density at radius 2 is 1.76 bits per heavy atom. The molecule has 0 atom stereocenters. The summed E-state index contributed by atoms with van der Waals surface area (Å²) in [6.45, 7) is 3.55. The fourth-order valence-electron chi connectivity index (χ4n) is 4.67. The van der Waals surface area contributed by atoms with E-state index in [1.807, 2.05) is 43.5 Å². The van der Waals surface area contributed by atoms with Crippen molar-refractivity contribution in [3.63, 3.8) is 0 Å². The van der Waals surface area contributed by atoms with Crippen LogP contribution < -0.4 is 21.9 Å². The highest BCUT2D eigenvalue weighted by Gasteiger charge is 2.19. The smallest absolute Gasteiger partial charge is 0.332 e. The minimum atomic E-state index is -0.431. The SMILES string of the molecule is CCCNC(=O)c1ccc(Cn2c(NCCc3c[nH]c4ccccc34)nc3c2c(=O)n(C)c(=O)n3C)cc1. The lowest BCUT2D eigenvalue weighted by molar-refractivity contribution is 0.0953. The van der Waals surface area contributed by atoms with Crippen molar-refractivity contribution >= 4 is 33.9 Å². The zero-order valence-electron chi connectivity index (χ0n) is 21.7. The van der Waals surface area contributed by atoms with Crippen molar-refractivity contribution in [2.45, 2.75) is 26.3 Å². The summed E-state index contributed by atoms with van der Waals surface area (Å²) in [5, 5.41) is 7.43. The second-order valence-electron chi connectivity index (χ2n) is 9.39. The van der Waals surface area contributed by atoms with E-state index in [1.165, 1.54) is 22.6 Å². The maximum atomic E-state index is 13.2. The molecular weight excluding hydrogens is 482 g/mol. The van der Waals surface area contributed by atoms with Crippen molar-refractivity contribution in [3.8, 4) is 0 Å². The number of hydrogen-bond donors (Lipinski definition) is 3. The number of nitrogens with one attached hydrogen (secondary N) is 3. The van der Waals surface area contributed by atoms with Crippen LogP contribution >= 0.6 is 0 Å². The molecule has 2 aromatic carbocycles. The Kier molecular flexibility index (Phi) is 6.87. The summed E-state index contributed by atoms with van der Waals surface area (Å²) in [5.74, 6) is 0.387. The van der Waals surface area contributed by atoms with E-state index in [-0.39, 0.29) is 5.91 Å². The van der Waals surface area contributed by atoms with Crippen LogP contribution in [0.15, 0.2) is 64.3 Å². The number of aryl methyl sites for hydroxylation is 1. The van der Waals surface area contributed by atoms with Crippen molar-refractivity contribution in [1.29, 1.82) is 0 Å². The molecule has 0 spiro atoms. The molecular formula is C28H31N7O3. The standard InChI is InChI=1S/C28H31N7O3/c1-4-14-29-25(36)19-11-9-18(10-12-19)17-35-23-24(33(2)28(38)34(3)26(23)37)32-27(35)30-15-13-20-16-31-22-8-6-5-7-21(20)22/h5-12,16,31H,4,13-15,17H2,1-3H3,(H,29,36)(H,30,32). The summed E-state index contributed by atoms with van der Waals surface area (Å²) >= 11 is 0. The number of hydrogen-bond acceptors (Lipinski definition) is 5. The number of aromatic nitrogens is 5. The normalized spacial score (nSPS) is 11.3. The molecule has 0 bridgehead atoms. The Bertz CT molecular complexity index is 1740. The van der Waals surface area contributed by atoms with E-state index >= 15 is 0 Å². The number of carbonyl (C=O) groups is 1. The lowest BCUT2D eigenvalue weighted by Crippen LogP contribution is -2.37. The largest absolute Gasteiger partial charge is 0.361 e. The van der Waals surface area contributed by atoms with Crippen LogP contribution in [0.25, 0.3) is 22.1 Å². The van der Waals surface area contributed by atoms with Gasteiger partial charge in [0.2, 0.25) is 5.95 Å². The third-order valence-electron chi connectivity index (χ3n) is 6.79. The van der Waals surface area contributed by atoms with Crippen molar-refractivity contribution in [1.82, 2.24) is 29.0 Å². The number of imidazole rings is 1. The number of amides is 1. The van der Waals surface area contributed by atoms with Gasteiger partial charge in [-0.15, -0.1) is 0 Å². The topological polar surface area (TPSA) is 119 Å². The van der Waals surface area contributed by atoms with Crippen LogP contribution in [0.5, 0.6) is 0 Å². The van der Waals surface area contributed by atoms with Gasteiger partial charge >= 0.3 is 5.69 Å². The molecule has 38 heavy (non-hydrogen) atoms. The van der Waals surface area contributed by atoms with Crippen LogP contribution in [0, 0.1) is 0 Å². The molecule has 3 aromatic heterocycles. The van der Waals surface area contributed by atoms with Gasteiger partial charge in [0.25, 0.3) is 11.5 Å². The molecule has 0 unspecified atom stereocenters. The molecule has 0 aliphatic heterocycles. The number of fused-ring (bicyclic) bond motifs is 2. The predicted molar refractivity (Wildman–Crippen MR) is 149 cm³/mol. The molecule has 3 heterocycles. The molecule has 10 heteroatoms. The van der Waals surface area contributed by atoms with E-state index < -0.39 is 11.2 Å². The van der Waals surface area contributed by atoms with Gasteiger partial charge in [-0.2, -0.15) is 4.98 Å². The second-order valence-corrected chi connectivity index (χ2v) is 9.39. The van der Waals surface area contributed by atoms with Crippen molar-refractivity contribution < 1.29 is 4.79 Å². The Morgan fingerprint density at radius 3 is 2.53 bits per heavy atom. The van der Waals surface area contributed by atoms with Crippen molar-refractivity contribution in [3.05, 3.63) is 92.3 Å². The Labute approximate surface area is 218 Å². The monoisotopic (exact) mass is 513 g/mol. The van der Waals surface area contributed by atoms with Gasteiger partial charge in [-0.05, 0) is 42.2 Å². The molecule has 0 fully saturated rings.